The van der Waals surface area contributed by atoms with E-state index in [1.54, 1.807) is 7.05 Å². The highest BCUT2D eigenvalue weighted by Gasteiger charge is 2.28. The van der Waals surface area contributed by atoms with E-state index in [-0.39, 0.29) is 5.91 Å². The van der Waals surface area contributed by atoms with Gasteiger partial charge in [0.05, 0.1) is 5.54 Å². The van der Waals surface area contributed by atoms with Gasteiger partial charge in [0.25, 0.3) is 0 Å². The summed E-state index contributed by atoms with van der Waals surface area (Å²) >= 11 is 0. The zero-order valence-electron chi connectivity index (χ0n) is 12.2. The van der Waals surface area contributed by atoms with Gasteiger partial charge in [-0.15, -0.1) is 0 Å². The van der Waals surface area contributed by atoms with Gasteiger partial charge in [0.15, 0.2) is 0 Å². The zero-order chi connectivity index (χ0) is 13.8. The maximum atomic E-state index is 11.4. The van der Waals surface area contributed by atoms with Crippen molar-refractivity contribution in [2.75, 3.05) is 40.3 Å². The lowest BCUT2D eigenvalue weighted by atomic mass is 9.95. The Morgan fingerprint density at radius 3 is 2.67 bits per heavy atom. The van der Waals surface area contributed by atoms with E-state index in [0.717, 1.165) is 39.0 Å². The molecule has 1 heterocycles. The van der Waals surface area contributed by atoms with Gasteiger partial charge in [-0.05, 0) is 47.3 Å². The fourth-order valence-corrected chi connectivity index (χ4v) is 2.35. The highest BCUT2D eigenvalue weighted by molar-refractivity contribution is 5.84. The summed E-state index contributed by atoms with van der Waals surface area (Å²) in [5.41, 5.74) is 4.85. The number of primary amides is 1. The van der Waals surface area contributed by atoms with Crippen LogP contribution in [0.4, 0.5) is 0 Å². The van der Waals surface area contributed by atoms with Crippen LogP contribution in [0.3, 0.4) is 0 Å². The molecule has 0 aliphatic carbocycles. The van der Waals surface area contributed by atoms with E-state index < -0.39 is 5.54 Å². The van der Waals surface area contributed by atoms with Crippen molar-refractivity contribution in [3.8, 4) is 0 Å². The van der Waals surface area contributed by atoms with Crippen molar-refractivity contribution in [2.24, 2.45) is 5.73 Å². The Bertz CT molecular complexity index is 284. The second kappa shape index (κ2) is 6.50. The first-order valence-electron chi connectivity index (χ1n) is 6.80. The van der Waals surface area contributed by atoms with Crippen LogP contribution in [0.15, 0.2) is 0 Å². The molecule has 18 heavy (non-hydrogen) atoms. The minimum atomic E-state index is -0.571. The van der Waals surface area contributed by atoms with E-state index in [1.165, 1.54) is 0 Å². The predicted octanol–water partition coefficient (Wildman–Crippen LogP) is -0.134. The number of nitrogens with two attached hydrogens (primary N) is 1. The number of carbonyl (C=O) groups is 1. The molecule has 3 N–H and O–H groups in total. The smallest absolute Gasteiger partial charge is 0.237 e. The fraction of sp³-hybridized carbons (Fsp3) is 0.923. The van der Waals surface area contributed by atoms with Crippen LogP contribution in [-0.2, 0) is 4.79 Å². The first-order chi connectivity index (χ1) is 8.39. The third-order valence-electron chi connectivity index (χ3n) is 4.29. The van der Waals surface area contributed by atoms with Crippen LogP contribution in [0.1, 0.15) is 26.7 Å². The lowest BCUT2D eigenvalue weighted by Crippen LogP contribution is -2.53. The molecular formula is C13H28N4O. The van der Waals surface area contributed by atoms with Gasteiger partial charge in [-0.1, -0.05) is 0 Å². The standard InChI is InChI=1S/C13H28N4O/c1-11-10-17(9-8-16(11)4)7-5-6-13(2,15-3)12(14)18/h11,15H,5-10H2,1-4H3,(H2,14,18). The molecule has 1 aliphatic heterocycles. The minimum Gasteiger partial charge on any atom is -0.368 e. The van der Waals surface area contributed by atoms with Crippen LogP contribution < -0.4 is 11.1 Å². The Balaban J connectivity index is 2.31. The molecule has 2 atom stereocenters. The molecule has 106 valence electrons. The summed E-state index contributed by atoms with van der Waals surface area (Å²) in [7, 11) is 3.97. The zero-order valence-corrected chi connectivity index (χ0v) is 12.2. The Labute approximate surface area is 111 Å². The Morgan fingerprint density at radius 1 is 1.50 bits per heavy atom. The van der Waals surface area contributed by atoms with E-state index in [4.69, 9.17) is 5.73 Å². The molecule has 5 heteroatoms. The first-order valence-corrected chi connectivity index (χ1v) is 6.80. The van der Waals surface area contributed by atoms with Crippen LogP contribution in [0.25, 0.3) is 0 Å². The average Bonchev–Trinajstić information content (AvgIpc) is 2.33. The normalized spacial score (nSPS) is 25.9. The molecule has 5 nitrogen and oxygen atoms in total. The van der Waals surface area contributed by atoms with Gasteiger partial charge in [0, 0.05) is 25.7 Å². The summed E-state index contributed by atoms with van der Waals surface area (Å²) in [5.74, 6) is -0.267. The number of likely N-dealkylation sites (N-methyl/N-ethyl adjacent to an activating group) is 2. The summed E-state index contributed by atoms with van der Waals surface area (Å²) in [6, 6.07) is 0.616. The first kappa shape index (κ1) is 15.4. The van der Waals surface area contributed by atoms with Crippen LogP contribution in [0, 0.1) is 0 Å². The van der Waals surface area contributed by atoms with Crippen LogP contribution >= 0.6 is 0 Å². The SMILES string of the molecule is CNC(C)(CCCN1CCN(C)C(C)C1)C(N)=O. The van der Waals surface area contributed by atoms with E-state index in [0.29, 0.717) is 6.04 Å². The van der Waals surface area contributed by atoms with Crippen LogP contribution in [0.2, 0.25) is 0 Å². The maximum Gasteiger partial charge on any atom is 0.237 e. The molecular weight excluding hydrogens is 228 g/mol. The highest BCUT2D eigenvalue weighted by atomic mass is 16.1. The van der Waals surface area contributed by atoms with Crippen molar-refractivity contribution >= 4 is 5.91 Å². The third kappa shape index (κ3) is 3.93. The average molecular weight is 256 g/mol. The molecule has 1 saturated heterocycles. The highest BCUT2D eigenvalue weighted by Crippen LogP contribution is 2.13. The third-order valence-corrected chi connectivity index (χ3v) is 4.29. The van der Waals surface area contributed by atoms with Crippen molar-refractivity contribution in [3.05, 3.63) is 0 Å². The monoisotopic (exact) mass is 256 g/mol. The lowest BCUT2D eigenvalue weighted by Gasteiger charge is -2.38. The second-order valence-electron chi connectivity index (χ2n) is 5.68. The van der Waals surface area contributed by atoms with E-state index in [9.17, 15) is 4.79 Å². The van der Waals surface area contributed by atoms with Crippen molar-refractivity contribution in [1.29, 1.82) is 0 Å². The van der Waals surface area contributed by atoms with Gasteiger partial charge in [-0.3, -0.25) is 4.79 Å². The predicted molar refractivity (Wildman–Crippen MR) is 74.4 cm³/mol. The molecule has 0 saturated carbocycles. The molecule has 0 aromatic rings. The lowest BCUT2D eigenvalue weighted by molar-refractivity contribution is -0.123. The van der Waals surface area contributed by atoms with Crippen LogP contribution in [0.5, 0.6) is 0 Å². The van der Waals surface area contributed by atoms with Gasteiger partial charge in [0.1, 0.15) is 0 Å². The topological polar surface area (TPSA) is 61.6 Å². The number of amides is 1. The Morgan fingerprint density at radius 2 is 2.17 bits per heavy atom. The van der Waals surface area contributed by atoms with Gasteiger partial charge in [-0.2, -0.15) is 0 Å². The summed E-state index contributed by atoms with van der Waals surface area (Å²) in [4.78, 5) is 16.2. The number of carbonyl (C=O) groups excluding carboxylic acids is 1. The minimum absolute atomic E-state index is 0.267. The van der Waals surface area contributed by atoms with Crippen molar-refractivity contribution < 1.29 is 4.79 Å². The van der Waals surface area contributed by atoms with Gasteiger partial charge in [0.2, 0.25) is 5.91 Å². The summed E-state index contributed by atoms with van der Waals surface area (Å²) < 4.78 is 0. The molecule has 0 spiro atoms. The number of piperazine rings is 1. The summed E-state index contributed by atoms with van der Waals surface area (Å²) in [6.07, 6.45) is 1.79. The Kier molecular flexibility index (Phi) is 5.56. The van der Waals surface area contributed by atoms with Crippen molar-refractivity contribution in [2.45, 2.75) is 38.3 Å². The van der Waals surface area contributed by atoms with Crippen LogP contribution in [-0.4, -0.2) is 67.6 Å². The van der Waals surface area contributed by atoms with E-state index in [2.05, 4.69) is 29.1 Å². The Hall–Kier alpha value is -0.650. The van der Waals surface area contributed by atoms with Crippen molar-refractivity contribution in [3.63, 3.8) is 0 Å². The number of rotatable bonds is 6. The molecule has 1 aliphatic rings. The maximum absolute atomic E-state index is 11.4. The van der Waals surface area contributed by atoms with E-state index in [1.807, 2.05) is 6.92 Å². The number of nitrogens with one attached hydrogen (secondary N) is 1. The van der Waals surface area contributed by atoms with Crippen molar-refractivity contribution in [1.82, 2.24) is 15.1 Å². The quantitative estimate of drug-likeness (QED) is 0.695. The number of nitrogens with zero attached hydrogens (tertiary/aromatic N) is 2. The number of hydrogen-bond donors (Lipinski definition) is 2. The summed E-state index contributed by atoms with van der Waals surface area (Å²) in [5, 5.41) is 3.03. The largest absolute Gasteiger partial charge is 0.368 e. The molecule has 1 fully saturated rings. The second-order valence-corrected chi connectivity index (χ2v) is 5.68. The molecule has 1 rings (SSSR count). The molecule has 0 bridgehead atoms. The fourth-order valence-electron chi connectivity index (χ4n) is 2.35. The molecule has 1 amide bonds. The number of hydrogen-bond acceptors (Lipinski definition) is 4. The molecule has 0 radical (unpaired) electrons. The van der Waals surface area contributed by atoms with Gasteiger partial charge < -0.3 is 20.9 Å². The summed E-state index contributed by atoms with van der Waals surface area (Å²) in [6.45, 7) is 8.54. The van der Waals surface area contributed by atoms with Gasteiger partial charge >= 0.3 is 0 Å². The van der Waals surface area contributed by atoms with E-state index >= 15 is 0 Å². The van der Waals surface area contributed by atoms with Gasteiger partial charge in [-0.25, -0.2) is 0 Å². The molecule has 2 unspecified atom stereocenters. The molecule has 0 aromatic heterocycles. The molecule has 0 aromatic carbocycles.